The van der Waals surface area contributed by atoms with E-state index in [2.05, 4.69) is 5.32 Å². The first kappa shape index (κ1) is 12.4. The summed E-state index contributed by atoms with van der Waals surface area (Å²) in [5.74, 6) is -0.712. The molecule has 0 radical (unpaired) electrons. The van der Waals surface area contributed by atoms with Crippen molar-refractivity contribution < 1.29 is 19.4 Å². The number of amides is 1. The molecule has 1 fully saturated rings. The fourth-order valence-electron chi connectivity index (χ4n) is 1.58. The second-order valence-corrected chi connectivity index (χ2v) is 4.22. The van der Waals surface area contributed by atoms with Crippen molar-refractivity contribution in [1.82, 2.24) is 0 Å². The first-order valence-electron chi connectivity index (χ1n) is 5.92. The zero-order valence-electron chi connectivity index (χ0n) is 10.1. The Kier molecular flexibility index (Phi) is 3.50. The predicted molar refractivity (Wildman–Crippen MR) is 65.4 cm³/mol. The van der Waals surface area contributed by atoms with Crippen molar-refractivity contribution >= 4 is 17.6 Å². The van der Waals surface area contributed by atoms with Crippen molar-refractivity contribution in [3.8, 4) is 5.75 Å². The van der Waals surface area contributed by atoms with E-state index in [9.17, 15) is 14.7 Å². The Balaban J connectivity index is 2.14. The molecule has 0 spiro atoms. The Morgan fingerprint density at radius 1 is 1.44 bits per heavy atom. The second-order valence-electron chi connectivity index (χ2n) is 4.22. The lowest BCUT2D eigenvalue weighted by molar-refractivity contribution is -0.117. The SMILES string of the molecule is CCOC(=O)c1cc(NC(=O)C2CC2)ccc1O. The van der Waals surface area contributed by atoms with Crippen LogP contribution in [0.25, 0.3) is 0 Å². The van der Waals surface area contributed by atoms with E-state index < -0.39 is 5.97 Å². The largest absolute Gasteiger partial charge is 0.507 e. The monoisotopic (exact) mass is 249 g/mol. The van der Waals surface area contributed by atoms with Crippen molar-refractivity contribution in [2.75, 3.05) is 11.9 Å². The van der Waals surface area contributed by atoms with Crippen LogP contribution in [0.2, 0.25) is 0 Å². The smallest absolute Gasteiger partial charge is 0.341 e. The molecular weight excluding hydrogens is 234 g/mol. The lowest BCUT2D eigenvalue weighted by atomic mass is 10.1. The summed E-state index contributed by atoms with van der Waals surface area (Å²) >= 11 is 0. The molecule has 0 heterocycles. The molecule has 1 aromatic rings. The van der Waals surface area contributed by atoms with Crippen molar-refractivity contribution in [2.45, 2.75) is 19.8 Å². The van der Waals surface area contributed by atoms with Crippen molar-refractivity contribution in [1.29, 1.82) is 0 Å². The summed E-state index contributed by atoms with van der Waals surface area (Å²) in [4.78, 5) is 23.1. The van der Waals surface area contributed by atoms with Gasteiger partial charge in [-0.05, 0) is 38.0 Å². The number of carbonyl (C=O) groups excluding carboxylic acids is 2. The van der Waals surface area contributed by atoms with Crippen LogP contribution in [0.1, 0.15) is 30.1 Å². The van der Waals surface area contributed by atoms with Crippen LogP contribution in [0.15, 0.2) is 18.2 Å². The van der Waals surface area contributed by atoms with E-state index >= 15 is 0 Å². The molecule has 0 aliphatic heterocycles. The standard InChI is InChI=1S/C13H15NO4/c1-2-18-13(17)10-7-9(5-6-11(10)15)14-12(16)8-3-4-8/h5-8,15H,2-4H2,1H3,(H,14,16). The molecule has 1 aliphatic carbocycles. The molecule has 2 N–H and O–H groups in total. The van der Waals surface area contributed by atoms with Gasteiger partial charge in [-0.2, -0.15) is 0 Å². The minimum atomic E-state index is -0.600. The van der Waals surface area contributed by atoms with Crippen LogP contribution in [0.4, 0.5) is 5.69 Å². The normalized spacial score (nSPS) is 14.1. The van der Waals surface area contributed by atoms with Gasteiger partial charge in [0.05, 0.1) is 6.61 Å². The first-order chi connectivity index (χ1) is 8.61. The van der Waals surface area contributed by atoms with Gasteiger partial charge in [-0.3, -0.25) is 4.79 Å². The van der Waals surface area contributed by atoms with E-state index in [1.54, 1.807) is 13.0 Å². The van der Waals surface area contributed by atoms with Crippen molar-refractivity contribution in [3.05, 3.63) is 23.8 Å². The molecule has 96 valence electrons. The Labute approximate surface area is 105 Å². The Bertz CT molecular complexity index is 480. The molecule has 2 rings (SSSR count). The highest BCUT2D eigenvalue weighted by Gasteiger charge is 2.29. The number of phenolic OH excluding ortho intramolecular Hbond substituents is 1. The zero-order chi connectivity index (χ0) is 13.1. The van der Waals surface area contributed by atoms with Gasteiger partial charge in [-0.25, -0.2) is 4.79 Å². The summed E-state index contributed by atoms with van der Waals surface area (Å²) in [5.41, 5.74) is 0.554. The lowest BCUT2D eigenvalue weighted by Gasteiger charge is -2.08. The number of hydrogen-bond donors (Lipinski definition) is 2. The summed E-state index contributed by atoms with van der Waals surface area (Å²) in [6, 6.07) is 4.35. The van der Waals surface area contributed by atoms with E-state index in [0.29, 0.717) is 5.69 Å². The number of aromatic hydroxyl groups is 1. The minimum absolute atomic E-state index is 0.0458. The van der Waals surface area contributed by atoms with Crippen LogP contribution in [0.3, 0.4) is 0 Å². The Morgan fingerprint density at radius 2 is 2.17 bits per heavy atom. The summed E-state index contributed by atoms with van der Waals surface area (Å²) in [5, 5.41) is 12.3. The quantitative estimate of drug-likeness (QED) is 0.631. The summed E-state index contributed by atoms with van der Waals surface area (Å²) in [6.07, 6.45) is 1.82. The fraction of sp³-hybridized carbons (Fsp3) is 0.385. The van der Waals surface area contributed by atoms with Gasteiger partial charge in [0, 0.05) is 11.6 Å². The van der Waals surface area contributed by atoms with Gasteiger partial charge in [0.25, 0.3) is 0 Å². The number of phenols is 1. The van der Waals surface area contributed by atoms with E-state index in [0.717, 1.165) is 12.8 Å². The molecule has 1 aromatic carbocycles. The Hall–Kier alpha value is -2.04. The van der Waals surface area contributed by atoms with Gasteiger partial charge < -0.3 is 15.2 Å². The number of ether oxygens (including phenoxy) is 1. The molecular formula is C13H15NO4. The van der Waals surface area contributed by atoms with E-state index in [4.69, 9.17) is 4.74 Å². The molecule has 1 amide bonds. The highest BCUT2D eigenvalue weighted by molar-refractivity contribution is 5.97. The van der Waals surface area contributed by atoms with Crippen molar-refractivity contribution in [3.63, 3.8) is 0 Å². The third-order valence-corrected chi connectivity index (χ3v) is 2.71. The second kappa shape index (κ2) is 5.08. The average Bonchev–Trinajstić information content (AvgIpc) is 3.15. The molecule has 5 heteroatoms. The number of rotatable bonds is 4. The summed E-state index contributed by atoms with van der Waals surface area (Å²) < 4.78 is 4.82. The molecule has 0 aromatic heterocycles. The molecule has 1 saturated carbocycles. The number of benzene rings is 1. The molecule has 0 atom stereocenters. The van der Waals surface area contributed by atoms with E-state index in [-0.39, 0.29) is 29.7 Å². The number of nitrogens with one attached hydrogen (secondary N) is 1. The Morgan fingerprint density at radius 3 is 2.78 bits per heavy atom. The third-order valence-electron chi connectivity index (χ3n) is 2.71. The zero-order valence-corrected chi connectivity index (χ0v) is 10.1. The molecule has 0 saturated heterocycles. The van der Waals surface area contributed by atoms with Crippen LogP contribution in [-0.2, 0) is 9.53 Å². The molecule has 18 heavy (non-hydrogen) atoms. The number of anilines is 1. The first-order valence-corrected chi connectivity index (χ1v) is 5.92. The topological polar surface area (TPSA) is 75.6 Å². The minimum Gasteiger partial charge on any atom is -0.507 e. The molecule has 5 nitrogen and oxygen atoms in total. The summed E-state index contributed by atoms with van der Waals surface area (Å²) in [6.45, 7) is 1.92. The van der Waals surface area contributed by atoms with Gasteiger partial charge in [0.15, 0.2) is 0 Å². The molecule has 0 unspecified atom stereocenters. The molecule has 0 bridgehead atoms. The highest BCUT2D eigenvalue weighted by Crippen LogP contribution is 2.31. The molecule has 1 aliphatic rings. The maximum absolute atomic E-state index is 11.6. The highest BCUT2D eigenvalue weighted by atomic mass is 16.5. The maximum atomic E-state index is 11.6. The van der Waals surface area contributed by atoms with Gasteiger partial charge in [0.1, 0.15) is 11.3 Å². The number of carbonyl (C=O) groups is 2. The van der Waals surface area contributed by atoms with Crippen LogP contribution in [0.5, 0.6) is 5.75 Å². The van der Waals surface area contributed by atoms with Crippen LogP contribution >= 0.6 is 0 Å². The maximum Gasteiger partial charge on any atom is 0.341 e. The summed E-state index contributed by atoms with van der Waals surface area (Å²) in [7, 11) is 0. The van der Waals surface area contributed by atoms with E-state index in [1.165, 1.54) is 12.1 Å². The fourth-order valence-corrected chi connectivity index (χ4v) is 1.58. The van der Waals surface area contributed by atoms with E-state index in [1.807, 2.05) is 0 Å². The third kappa shape index (κ3) is 2.80. The average molecular weight is 249 g/mol. The van der Waals surface area contributed by atoms with Gasteiger partial charge in [-0.1, -0.05) is 0 Å². The number of esters is 1. The van der Waals surface area contributed by atoms with Crippen LogP contribution < -0.4 is 5.32 Å². The van der Waals surface area contributed by atoms with Crippen LogP contribution in [0, 0.1) is 5.92 Å². The van der Waals surface area contributed by atoms with Gasteiger partial charge in [0.2, 0.25) is 5.91 Å². The lowest BCUT2D eigenvalue weighted by Crippen LogP contribution is -2.14. The van der Waals surface area contributed by atoms with Gasteiger partial charge in [-0.15, -0.1) is 0 Å². The van der Waals surface area contributed by atoms with Gasteiger partial charge >= 0.3 is 5.97 Å². The number of hydrogen-bond acceptors (Lipinski definition) is 4. The van der Waals surface area contributed by atoms with Crippen molar-refractivity contribution in [2.24, 2.45) is 5.92 Å². The van der Waals surface area contributed by atoms with Crippen LogP contribution in [-0.4, -0.2) is 23.6 Å². The predicted octanol–water partition coefficient (Wildman–Crippen LogP) is 1.92.